The van der Waals surface area contributed by atoms with Crippen molar-refractivity contribution >= 4 is 17.4 Å². The largest absolute Gasteiger partial charge is 0.383 e. The van der Waals surface area contributed by atoms with Crippen molar-refractivity contribution in [3.05, 3.63) is 23.8 Å². The van der Waals surface area contributed by atoms with Crippen molar-refractivity contribution in [2.45, 2.75) is 24.2 Å². The molecule has 0 unspecified atom stereocenters. The molecule has 0 atom stereocenters. The molecule has 0 bridgehead atoms. The zero-order chi connectivity index (χ0) is 11.7. The van der Waals surface area contributed by atoms with Crippen molar-refractivity contribution in [2.24, 2.45) is 5.41 Å². The first kappa shape index (κ1) is 11.4. The van der Waals surface area contributed by atoms with Gasteiger partial charge in [-0.3, -0.25) is 0 Å². The number of thioether (sulfide) groups is 1. The molecule has 17 heavy (non-hydrogen) atoms. The van der Waals surface area contributed by atoms with E-state index >= 15 is 0 Å². The van der Waals surface area contributed by atoms with Crippen molar-refractivity contribution in [3.8, 4) is 0 Å². The molecule has 3 heteroatoms. The summed E-state index contributed by atoms with van der Waals surface area (Å²) in [6.45, 7) is 2.26. The van der Waals surface area contributed by atoms with E-state index in [0.29, 0.717) is 5.41 Å². The van der Waals surface area contributed by atoms with Crippen LogP contribution in [0.1, 0.15) is 18.4 Å². The van der Waals surface area contributed by atoms with Gasteiger partial charge in [-0.2, -0.15) is 0 Å². The van der Waals surface area contributed by atoms with Gasteiger partial charge >= 0.3 is 0 Å². The molecule has 0 saturated heterocycles. The minimum Gasteiger partial charge on any atom is -0.383 e. The maximum Gasteiger partial charge on any atom is 0.0478 e. The van der Waals surface area contributed by atoms with E-state index in [0.717, 1.165) is 13.1 Å². The lowest BCUT2D eigenvalue weighted by Gasteiger charge is -2.20. The van der Waals surface area contributed by atoms with Gasteiger partial charge in [0.25, 0.3) is 0 Å². The number of fused-ring (bicyclic) bond motifs is 1. The van der Waals surface area contributed by atoms with Crippen molar-refractivity contribution in [1.29, 1.82) is 0 Å². The second kappa shape index (κ2) is 4.54. The maximum atomic E-state index is 3.46. The van der Waals surface area contributed by atoms with Crippen molar-refractivity contribution in [1.82, 2.24) is 5.32 Å². The topological polar surface area (TPSA) is 24.1 Å². The Labute approximate surface area is 108 Å². The van der Waals surface area contributed by atoms with E-state index in [-0.39, 0.29) is 0 Å². The van der Waals surface area contributed by atoms with Crippen LogP contribution in [-0.4, -0.2) is 25.9 Å². The highest BCUT2D eigenvalue weighted by atomic mass is 32.2. The molecule has 92 valence electrons. The molecule has 2 N–H and O–H groups in total. The Hall–Kier alpha value is -0.670. The van der Waals surface area contributed by atoms with E-state index in [4.69, 9.17) is 0 Å². The Morgan fingerprint density at radius 2 is 2.29 bits per heavy atom. The van der Waals surface area contributed by atoms with E-state index in [1.54, 1.807) is 0 Å². The fourth-order valence-corrected chi connectivity index (χ4v) is 3.64. The van der Waals surface area contributed by atoms with E-state index < -0.39 is 0 Å². The highest BCUT2D eigenvalue weighted by Gasteiger charge is 2.41. The maximum absolute atomic E-state index is 3.46. The summed E-state index contributed by atoms with van der Waals surface area (Å²) in [5, 5.41) is 6.80. The molecule has 0 spiro atoms. The average Bonchev–Trinajstić information content (AvgIpc) is 3.09. The number of hydrogen-bond donors (Lipinski definition) is 2. The van der Waals surface area contributed by atoms with Crippen LogP contribution in [-0.2, 0) is 6.42 Å². The molecule has 1 fully saturated rings. The second-order valence-electron chi connectivity index (χ2n) is 5.31. The van der Waals surface area contributed by atoms with Crippen LogP contribution in [0.2, 0.25) is 0 Å². The van der Waals surface area contributed by atoms with Crippen LogP contribution in [0.5, 0.6) is 0 Å². The predicted molar refractivity (Wildman–Crippen MR) is 75.0 cm³/mol. The van der Waals surface area contributed by atoms with E-state index in [2.05, 4.69) is 35.9 Å². The Balaban J connectivity index is 1.75. The van der Waals surface area contributed by atoms with Crippen LogP contribution < -0.4 is 10.6 Å². The molecular weight excluding hydrogens is 228 g/mol. The van der Waals surface area contributed by atoms with Crippen LogP contribution in [0.15, 0.2) is 23.1 Å². The van der Waals surface area contributed by atoms with Crippen LogP contribution in [0.25, 0.3) is 0 Å². The lowest BCUT2D eigenvalue weighted by molar-refractivity contribution is 0.478. The van der Waals surface area contributed by atoms with Gasteiger partial charge in [-0.15, -0.1) is 11.8 Å². The molecule has 1 saturated carbocycles. The molecular formula is C14H20N2S. The Morgan fingerprint density at radius 1 is 1.41 bits per heavy atom. The third-order valence-corrected chi connectivity index (χ3v) is 4.87. The first-order valence-electron chi connectivity index (χ1n) is 6.46. The fraction of sp³-hybridized carbons (Fsp3) is 0.571. The van der Waals surface area contributed by atoms with Crippen LogP contribution in [0, 0.1) is 5.41 Å². The molecule has 0 aromatic heterocycles. The summed E-state index contributed by atoms with van der Waals surface area (Å²) in [4.78, 5) is 1.44. The van der Waals surface area contributed by atoms with Gasteiger partial charge in [0, 0.05) is 29.4 Å². The van der Waals surface area contributed by atoms with Gasteiger partial charge in [-0.25, -0.2) is 0 Å². The zero-order valence-electron chi connectivity index (χ0n) is 10.4. The molecule has 0 amide bonds. The summed E-state index contributed by atoms with van der Waals surface area (Å²) < 4.78 is 0. The third-order valence-electron chi connectivity index (χ3n) is 3.81. The van der Waals surface area contributed by atoms with Gasteiger partial charge in [0.15, 0.2) is 0 Å². The van der Waals surface area contributed by atoms with Crippen LogP contribution >= 0.6 is 11.8 Å². The highest BCUT2D eigenvalue weighted by Crippen LogP contribution is 2.48. The second-order valence-corrected chi connectivity index (χ2v) is 6.45. The standard InChI is InChI=1S/C14H20N2S/c1-15-10-14(4-5-14)9-11-2-3-12-13(8-11)17-7-6-16-12/h2-3,8,15-16H,4-7,9-10H2,1H3. The molecule has 2 aliphatic rings. The van der Waals surface area contributed by atoms with Gasteiger partial charge in [0.1, 0.15) is 0 Å². The summed E-state index contributed by atoms with van der Waals surface area (Å²) in [5.74, 6) is 1.19. The predicted octanol–water partition coefficient (Wildman–Crippen LogP) is 2.75. The lowest BCUT2D eigenvalue weighted by atomic mass is 9.96. The quantitative estimate of drug-likeness (QED) is 0.857. The van der Waals surface area contributed by atoms with Gasteiger partial charge < -0.3 is 10.6 Å². The minimum absolute atomic E-state index is 0.565. The number of hydrogen-bond acceptors (Lipinski definition) is 3. The third kappa shape index (κ3) is 2.45. The van der Waals surface area contributed by atoms with Crippen LogP contribution in [0.4, 0.5) is 5.69 Å². The number of rotatable bonds is 4. The van der Waals surface area contributed by atoms with Gasteiger partial charge in [0.05, 0.1) is 0 Å². The van der Waals surface area contributed by atoms with E-state index in [1.165, 1.54) is 41.2 Å². The molecule has 1 heterocycles. The Bertz CT molecular complexity index is 413. The molecule has 1 aromatic rings. The summed E-state index contributed by atoms with van der Waals surface area (Å²) in [7, 11) is 2.06. The number of nitrogens with one attached hydrogen (secondary N) is 2. The zero-order valence-corrected chi connectivity index (χ0v) is 11.2. The van der Waals surface area contributed by atoms with Gasteiger partial charge in [0.2, 0.25) is 0 Å². The fourth-order valence-electron chi connectivity index (χ4n) is 2.69. The van der Waals surface area contributed by atoms with Gasteiger partial charge in [-0.1, -0.05) is 6.07 Å². The SMILES string of the molecule is CNCC1(Cc2ccc3c(c2)SCCN3)CC1. The number of anilines is 1. The van der Waals surface area contributed by atoms with Crippen LogP contribution in [0.3, 0.4) is 0 Å². The Morgan fingerprint density at radius 3 is 3.06 bits per heavy atom. The molecule has 2 nitrogen and oxygen atoms in total. The molecule has 1 aromatic carbocycles. The normalized spacial score (nSPS) is 20.5. The van der Waals surface area contributed by atoms with Gasteiger partial charge in [-0.05, 0) is 49.4 Å². The molecule has 3 rings (SSSR count). The summed E-state index contributed by atoms with van der Waals surface area (Å²) in [6, 6.07) is 6.95. The van der Waals surface area contributed by atoms with E-state index in [1.807, 2.05) is 11.8 Å². The highest BCUT2D eigenvalue weighted by molar-refractivity contribution is 7.99. The number of benzene rings is 1. The van der Waals surface area contributed by atoms with Crippen molar-refractivity contribution in [3.63, 3.8) is 0 Å². The average molecular weight is 248 g/mol. The summed E-state index contributed by atoms with van der Waals surface area (Å²) in [5.41, 5.74) is 3.40. The molecule has 1 aliphatic carbocycles. The monoisotopic (exact) mass is 248 g/mol. The molecule has 1 aliphatic heterocycles. The summed E-state index contributed by atoms with van der Waals surface area (Å²) in [6.07, 6.45) is 4.01. The molecule has 0 radical (unpaired) electrons. The smallest absolute Gasteiger partial charge is 0.0478 e. The minimum atomic E-state index is 0.565. The lowest BCUT2D eigenvalue weighted by Crippen LogP contribution is -2.22. The first-order chi connectivity index (χ1) is 8.31. The van der Waals surface area contributed by atoms with E-state index in [9.17, 15) is 0 Å². The summed E-state index contributed by atoms with van der Waals surface area (Å²) >= 11 is 1.98. The van der Waals surface area contributed by atoms with Crippen molar-refractivity contribution < 1.29 is 0 Å². The van der Waals surface area contributed by atoms with Crippen molar-refractivity contribution in [2.75, 3.05) is 31.2 Å². The Kier molecular flexibility index (Phi) is 3.05. The first-order valence-corrected chi connectivity index (χ1v) is 7.44.